The Morgan fingerprint density at radius 2 is 1.65 bits per heavy atom. The molecule has 1 aliphatic heterocycles. The van der Waals surface area contributed by atoms with Crippen LogP contribution in [0.1, 0.15) is 66.7 Å². The molecular formula is C18H35N3O2. The number of amides is 1. The van der Waals surface area contributed by atoms with Crippen LogP contribution in [0.4, 0.5) is 4.79 Å². The maximum atomic E-state index is 11.8. The fourth-order valence-corrected chi connectivity index (χ4v) is 3.60. The molecule has 0 aromatic carbocycles. The summed E-state index contributed by atoms with van der Waals surface area (Å²) >= 11 is 0. The van der Waals surface area contributed by atoms with Gasteiger partial charge in [0, 0.05) is 30.7 Å². The highest BCUT2D eigenvalue weighted by Crippen LogP contribution is 2.22. The van der Waals surface area contributed by atoms with E-state index in [1.165, 1.54) is 19.5 Å². The van der Waals surface area contributed by atoms with E-state index in [1.54, 1.807) is 0 Å². The highest BCUT2D eigenvalue weighted by Gasteiger charge is 2.29. The molecule has 0 aromatic heterocycles. The second-order valence-corrected chi connectivity index (χ2v) is 8.44. The molecule has 0 spiro atoms. The SMILES string of the molecule is CC(C)N1CCC(NC2CCC(NC(=O)OC(C)(C)C)CC2)C1. The first-order valence-corrected chi connectivity index (χ1v) is 9.22. The Balaban J connectivity index is 1.65. The van der Waals surface area contributed by atoms with Gasteiger partial charge in [-0.05, 0) is 73.3 Å². The lowest BCUT2D eigenvalue weighted by atomic mass is 9.90. The Morgan fingerprint density at radius 1 is 1.04 bits per heavy atom. The Kier molecular flexibility index (Phi) is 6.32. The highest BCUT2D eigenvalue weighted by molar-refractivity contribution is 5.68. The van der Waals surface area contributed by atoms with E-state index in [0.717, 1.165) is 25.7 Å². The number of nitrogens with zero attached hydrogens (tertiary/aromatic N) is 1. The smallest absolute Gasteiger partial charge is 0.407 e. The summed E-state index contributed by atoms with van der Waals surface area (Å²) in [5.74, 6) is 0. The van der Waals surface area contributed by atoms with Gasteiger partial charge in [-0.2, -0.15) is 0 Å². The normalized spacial score (nSPS) is 29.7. The predicted molar refractivity (Wildman–Crippen MR) is 93.7 cm³/mol. The molecule has 5 nitrogen and oxygen atoms in total. The number of carbonyl (C=O) groups is 1. The van der Waals surface area contributed by atoms with Gasteiger partial charge in [0.15, 0.2) is 0 Å². The van der Waals surface area contributed by atoms with E-state index in [4.69, 9.17) is 4.74 Å². The molecule has 0 bridgehead atoms. The van der Waals surface area contributed by atoms with Crippen molar-refractivity contribution in [2.45, 2.75) is 96.5 Å². The molecule has 1 unspecified atom stereocenters. The molecule has 2 N–H and O–H groups in total. The van der Waals surface area contributed by atoms with Crippen LogP contribution in [0.15, 0.2) is 0 Å². The van der Waals surface area contributed by atoms with Crippen molar-refractivity contribution in [1.29, 1.82) is 0 Å². The molecule has 2 fully saturated rings. The van der Waals surface area contributed by atoms with Gasteiger partial charge in [-0.3, -0.25) is 4.90 Å². The lowest BCUT2D eigenvalue weighted by Crippen LogP contribution is -2.46. The van der Waals surface area contributed by atoms with E-state index in [1.807, 2.05) is 20.8 Å². The zero-order valence-electron chi connectivity index (χ0n) is 15.5. The largest absolute Gasteiger partial charge is 0.444 e. The zero-order chi connectivity index (χ0) is 17.0. The molecule has 1 amide bonds. The van der Waals surface area contributed by atoms with Crippen molar-refractivity contribution < 1.29 is 9.53 Å². The van der Waals surface area contributed by atoms with Crippen LogP contribution in [-0.2, 0) is 4.74 Å². The van der Waals surface area contributed by atoms with Crippen LogP contribution in [0.25, 0.3) is 0 Å². The van der Waals surface area contributed by atoms with Crippen molar-refractivity contribution >= 4 is 6.09 Å². The van der Waals surface area contributed by atoms with Gasteiger partial charge in [0.25, 0.3) is 0 Å². The third kappa shape index (κ3) is 6.30. The van der Waals surface area contributed by atoms with E-state index >= 15 is 0 Å². The summed E-state index contributed by atoms with van der Waals surface area (Å²) in [5, 5.41) is 6.84. The predicted octanol–water partition coefficient (Wildman–Crippen LogP) is 2.89. The number of carbonyl (C=O) groups excluding carboxylic acids is 1. The molecular weight excluding hydrogens is 290 g/mol. The first-order chi connectivity index (χ1) is 10.7. The molecule has 0 aromatic rings. The third-order valence-electron chi connectivity index (χ3n) is 4.87. The molecule has 0 radical (unpaired) electrons. The maximum Gasteiger partial charge on any atom is 0.407 e. The summed E-state index contributed by atoms with van der Waals surface area (Å²) in [6, 6.07) is 2.15. The molecule has 1 aliphatic carbocycles. The van der Waals surface area contributed by atoms with Gasteiger partial charge in [0.05, 0.1) is 0 Å². The van der Waals surface area contributed by atoms with Gasteiger partial charge in [0.1, 0.15) is 5.60 Å². The Morgan fingerprint density at radius 3 is 2.17 bits per heavy atom. The highest BCUT2D eigenvalue weighted by atomic mass is 16.6. The van der Waals surface area contributed by atoms with Crippen molar-refractivity contribution in [3.63, 3.8) is 0 Å². The molecule has 1 saturated carbocycles. The van der Waals surface area contributed by atoms with Gasteiger partial charge in [0.2, 0.25) is 0 Å². The molecule has 134 valence electrons. The number of nitrogens with one attached hydrogen (secondary N) is 2. The number of hydrogen-bond donors (Lipinski definition) is 2. The minimum absolute atomic E-state index is 0.263. The van der Waals surface area contributed by atoms with Gasteiger partial charge in [-0.1, -0.05) is 0 Å². The van der Waals surface area contributed by atoms with Crippen LogP contribution in [0.5, 0.6) is 0 Å². The number of rotatable bonds is 4. The van der Waals surface area contributed by atoms with Crippen molar-refractivity contribution in [1.82, 2.24) is 15.5 Å². The molecule has 2 rings (SSSR count). The van der Waals surface area contributed by atoms with E-state index < -0.39 is 5.60 Å². The monoisotopic (exact) mass is 325 g/mol. The fourth-order valence-electron chi connectivity index (χ4n) is 3.60. The zero-order valence-corrected chi connectivity index (χ0v) is 15.5. The first kappa shape index (κ1) is 18.5. The van der Waals surface area contributed by atoms with E-state index in [-0.39, 0.29) is 12.1 Å². The van der Waals surface area contributed by atoms with Crippen LogP contribution in [0.2, 0.25) is 0 Å². The molecule has 5 heteroatoms. The number of likely N-dealkylation sites (tertiary alicyclic amines) is 1. The van der Waals surface area contributed by atoms with Crippen molar-refractivity contribution in [3.8, 4) is 0 Å². The summed E-state index contributed by atoms with van der Waals surface area (Å²) in [7, 11) is 0. The van der Waals surface area contributed by atoms with Crippen molar-refractivity contribution in [3.05, 3.63) is 0 Å². The second-order valence-electron chi connectivity index (χ2n) is 8.44. The minimum Gasteiger partial charge on any atom is -0.444 e. The Labute approximate surface area is 141 Å². The molecule has 1 saturated heterocycles. The van der Waals surface area contributed by atoms with Gasteiger partial charge in [-0.15, -0.1) is 0 Å². The van der Waals surface area contributed by atoms with Crippen LogP contribution in [0.3, 0.4) is 0 Å². The maximum absolute atomic E-state index is 11.8. The standard InChI is InChI=1S/C18H35N3O2/c1-13(2)21-11-10-16(12-21)19-14-6-8-15(9-7-14)20-17(22)23-18(3,4)5/h13-16,19H,6-12H2,1-5H3,(H,20,22). The first-order valence-electron chi connectivity index (χ1n) is 9.22. The van der Waals surface area contributed by atoms with Gasteiger partial charge in [-0.25, -0.2) is 4.79 Å². The number of alkyl carbamates (subject to hydrolysis) is 1. The summed E-state index contributed by atoms with van der Waals surface area (Å²) in [6.07, 6.45) is 5.33. The van der Waals surface area contributed by atoms with E-state index in [0.29, 0.717) is 18.1 Å². The van der Waals surface area contributed by atoms with Crippen LogP contribution < -0.4 is 10.6 Å². The lowest BCUT2D eigenvalue weighted by Gasteiger charge is -2.32. The van der Waals surface area contributed by atoms with E-state index in [9.17, 15) is 4.79 Å². The van der Waals surface area contributed by atoms with Crippen LogP contribution in [0, 0.1) is 0 Å². The average molecular weight is 325 g/mol. The minimum atomic E-state index is -0.423. The van der Waals surface area contributed by atoms with Crippen LogP contribution in [-0.4, -0.2) is 53.9 Å². The second kappa shape index (κ2) is 7.84. The van der Waals surface area contributed by atoms with Crippen molar-refractivity contribution in [2.24, 2.45) is 0 Å². The summed E-state index contributed by atoms with van der Waals surface area (Å²) in [5.41, 5.74) is -0.423. The fraction of sp³-hybridized carbons (Fsp3) is 0.944. The number of ether oxygens (including phenoxy) is 1. The topological polar surface area (TPSA) is 53.6 Å². The molecule has 2 aliphatic rings. The lowest BCUT2D eigenvalue weighted by molar-refractivity contribution is 0.0489. The molecule has 1 heterocycles. The summed E-state index contributed by atoms with van der Waals surface area (Å²) in [4.78, 5) is 14.4. The van der Waals surface area contributed by atoms with Crippen molar-refractivity contribution in [2.75, 3.05) is 13.1 Å². The molecule has 23 heavy (non-hydrogen) atoms. The van der Waals surface area contributed by atoms with Gasteiger partial charge < -0.3 is 15.4 Å². The third-order valence-corrected chi connectivity index (χ3v) is 4.87. The Bertz CT molecular complexity index is 384. The van der Waals surface area contributed by atoms with Gasteiger partial charge >= 0.3 is 6.09 Å². The van der Waals surface area contributed by atoms with E-state index in [2.05, 4.69) is 29.4 Å². The Hall–Kier alpha value is -0.810. The summed E-state index contributed by atoms with van der Waals surface area (Å²) < 4.78 is 5.34. The molecule has 1 atom stereocenters. The number of hydrogen-bond acceptors (Lipinski definition) is 4. The van der Waals surface area contributed by atoms with Crippen LogP contribution >= 0.6 is 0 Å². The quantitative estimate of drug-likeness (QED) is 0.834. The average Bonchev–Trinajstić information content (AvgIpc) is 2.87. The summed E-state index contributed by atoms with van der Waals surface area (Å²) in [6.45, 7) is 12.6.